The van der Waals surface area contributed by atoms with Crippen LogP contribution in [0.5, 0.6) is 0 Å². The summed E-state index contributed by atoms with van der Waals surface area (Å²) in [6, 6.07) is 2.91. The zero-order valence-electron chi connectivity index (χ0n) is 14.0. The first-order chi connectivity index (χ1) is 10.8. The van der Waals surface area contributed by atoms with Crippen molar-refractivity contribution >= 4 is 29.1 Å². The van der Waals surface area contributed by atoms with E-state index in [1.807, 2.05) is 33.1 Å². The van der Waals surface area contributed by atoms with Gasteiger partial charge in [0.1, 0.15) is 6.04 Å². The number of hydrogen-bond acceptors (Lipinski definition) is 4. The third-order valence-electron chi connectivity index (χ3n) is 3.23. The van der Waals surface area contributed by atoms with Crippen LogP contribution in [0.3, 0.4) is 0 Å². The average molecular weight is 339 g/mol. The molecule has 0 saturated heterocycles. The molecule has 7 heteroatoms. The fourth-order valence-corrected chi connectivity index (χ4v) is 2.47. The van der Waals surface area contributed by atoms with Gasteiger partial charge in [0.25, 0.3) is 5.91 Å². The SMILES string of the molecule is CC(C)C(=O)NCCNC(=O)C(NC(=O)c1cccs1)C(C)C. The van der Waals surface area contributed by atoms with Crippen molar-refractivity contribution in [2.75, 3.05) is 13.1 Å². The molecule has 128 valence electrons. The molecule has 0 aliphatic rings. The van der Waals surface area contributed by atoms with Gasteiger partial charge in [0.2, 0.25) is 11.8 Å². The first-order valence-corrected chi connectivity index (χ1v) is 8.60. The van der Waals surface area contributed by atoms with Crippen molar-refractivity contribution in [2.45, 2.75) is 33.7 Å². The van der Waals surface area contributed by atoms with E-state index in [4.69, 9.17) is 0 Å². The van der Waals surface area contributed by atoms with E-state index in [-0.39, 0.29) is 29.6 Å². The molecular formula is C16H25N3O3S. The molecule has 0 aliphatic heterocycles. The number of carbonyl (C=O) groups is 3. The molecule has 1 aromatic rings. The Morgan fingerprint density at radius 2 is 1.65 bits per heavy atom. The normalized spacial score (nSPS) is 12.1. The predicted octanol–water partition coefficient (Wildman–Crippen LogP) is 1.39. The van der Waals surface area contributed by atoms with Crippen LogP contribution < -0.4 is 16.0 Å². The van der Waals surface area contributed by atoms with Crippen LogP contribution in [0, 0.1) is 11.8 Å². The van der Waals surface area contributed by atoms with Crippen molar-refractivity contribution in [1.82, 2.24) is 16.0 Å². The second-order valence-corrected chi connectivity index (χ2v) is 6.86. The van der Waals surface area contributed by atoms with E-state index in [9.17, 15) is 14.4 Å². The monoisotopic (exact) mass is 339 g/mol. The van der Waals surface area contributed by atoms with E-state index >= 15 is 0 Å². The van der Waals surface area contributed by atoms with Gasteiger partial charge in [0, 0.05) is 19.0 Å². The summed E-state index contributed by atoms with van der Waals surface area (Å²) in [5, 5.41) is 10.0. The minimum Gasteiger partial charge on any atom is -0.354 e. The molecule has 1 atom stereocenters. The van der Waals surface area contributed by atoms with E-state index < -0.39 is 6.04 Å². The highest BCUT2D eigenvalue weighted by Crippen LogP contribution is 2.10. The summed E-state index contributed by atoms with van der Waals surface area (Å²) in [6.45, 7) is 8.06. The van der Waals surface area contributed by atoms with Crippen molar-refractivity contribution in [3.05, 3.63) is 22.4 Å². The largest absolute Gasteiger partial charge is 0.354 e. The molecule has 6 nitrogen and oxygen atoms in total. The minimum absolute atomic E-state index is 0.0378. The predicted molar refractivity (Wildman–Crippen MR) is 91.3 cm³/mol. The Balaban J connectivity index is 2.46. The number of thiophene rings is 1. The molecular weight excluding hydrogens is 314 g/mol. The van der Waals surface area contributed by atoms with Crippen LogP contribution in [-0.2, 0) is 9.59 Å². The molecule has 1 rings (SSSR count). The molecule has 0 radical (unpaired) electrons. The van der Waals surface area contributed by atoms with Gasteiger partial charge < -0.3 is 16.0 Å². The van der Waals surface area contributed by atoms with Crippen LogP contribution in [0.25, 0.3) is 0 Å². The first-order valence-electron chi connectivity index (χ1n) is 7.72. The summed E-state index contributed by atoms with van der Waals surface area (Å²) in [7, 11) is 0. The van der Waals surface area contributed by atoms with Crippen LogP contribution in [0.1, 0.15) is 37.4 Å². The van der Waals surface area contributed by atoms with E-state index in [1.54, 1.807) is 12.1 Å². The van der Waals surface area contributed by atoms with Crippen LogP contribution >= 0.6 is 11.3 Å². The van der Waals surface area contributed by atoms with Gasteiger partial charge in [-0.2, -0.15) is 0 Å². The second-order valence-electron chi connectivity index (χ2n) is 5.91. The van der Waals surface area contributed by atoms with Gasteiger partial charge in [-0.15, -0.1) is 11.3 Å². The van der Waals surface area contributed by atoms with Crippen LogP contribution in [0.15, 0.2) is 17.5 Å². The molecule has 0 aromatic carbocycles. The van der Waals surface area contributed by atoms with E-state index in [2.05, 4.69) is 16.0 Å². The summed E-state index contributed by atoms with van der Waals surface area (Å²) < 4.78 is 0. The Hall–Kier alpha value is -1.89. The second kappa shape index (κ2) is 9.29. The maximum atomic E-state index is 12.2. The summed E-state index contributed by atoms with van der Waals surface area (Å²) >= 11 is 1.33. The number of rotatable bonds is 8. The van der Waals surface area contributed by atoms with E-state index in [1.165, 1.54) is 11.3 Å². The quantitative estimate of drug-likeness (QED) is 0.626. The zero-order valence-corrected chi connectivity index (χ0v) is 14.8. The standard InChI is InChI=1S/C16H25N3O3S/c1-10(2)13(19-15(21)12-6-5-9-23-12)16(22)18-8-7-17-14(20)11(3)4/h5-6,9-11,13H,7-8H2,1-4H3,(H,17,20)(H,18,22)(H,19,21). The van der Waals surface area contributed by atoms with Gasteiger partial charge in [-0.05, 0) is 17.4 Å². The lowest BCUT2D eigenvalue weighted by Gasteiger charge is -2.21. The van der Waals surface area contributed by atoms with Crippen LogP contribution in [-0.4, -0.2) is 36.9 Å². The molecule has 0 saturated carbocycles. The molecule has 1 unspecified atom stereocenters. The maximum Gasteiger partial charge on any atom is 0.262 e. The molecule has 1 aromatic heterocycles. The highest BCUT2D eigenvalue weighted by atomic mass is 32.1. The third-order valence-corrected chi connectivity index (χ3v) is 4.10. The van der Waals surface area contributed by atoms with Crippen molar-refractivity contribution in [1.29, 1.82) is 0 Å². The topological polar surface area (TPSA) is 87.3 Å². The Labute approximate surface area is 141 Å². The highest BCUT2D eigenvalue weighted by molar-refractivity contribution is 7.12. The number of hydrogen-bond donors (Lipinski definition) is 3. The van der Waals surface area contributed by atoms with E-state index in [0.717, 1.165) is 0 Å². The molecule has 3 N–H and O–H groups in total. The molecule has 1 heterocycles. The number of carbonyl (C=O) groups excluding carboxylic acids is 3. The lowest BCUT2D eigenvalue weighted by Crippen LogP contribution is -2.50. The Kier molecular flexibility index (Phi) is 7.74. The Bertz CT molecular complexity index is 527. The van der Waals surface area contributed by atoms with Gasteiger partial charge in [-0.1, -0.05) is 33.8 Å². The summed E-state index contributed by atoms with van der Waals surface area (Å²) in [6.07, 6.45) is 0. The lowest BCUT2D eigenvalue weighted by atomic mass is 10.0. The Morgan fingerprint density at radius 3 is 2.13 bits per heavy atom. The first kappa shape index (κ1) is 19.2. The van der Waals surface area contributed by atoms with E-state index in [0.29, 0.717) is 18.0 Å². The van der Waals surface area contributed by atoms with Crippen LogP contribution in [0.2, 0.25) is 0 Å². The smallest absolute Gasteiger partial charge is 0.262 e. The van der Waals surface area contributed by atoms with Gasteiger partial charge in [0.15, 0.2) is 0 Å². The van der Waals surface area contributed by atoms with Gasteiger partial charge in [0.05, 0.1) is 4.88 Å². The van der Waals surface area contributed by atoms with Crippen molar-refractivity contribution in [3.63, 3.8) is 0 Å². The molecule has 23 heavy (non-hydrogen) atoms. The van der Waals surface area contributed by atoms with Crippen molar-refractivity contribution in [3.8, 4) is 0 Å². The lowest BCUT2D eigenvalue weighted by molar-refractivity contribution is -0.125. The van der Waals surface area contributed by atoms with Crippen molar-refractivity contribution in [2.24, 2.45) is 11.8 Å². The van der Waals surface area contributed by atoms with Gasteiger partial charge in [-0.25, -0.2) is 0 Å². The fourth-order valence-electron chi connectivity index (χ4n) is 1.84. The van der Waals surface area contributed by atoms with Gasteiger partial charge in [-0.3, -0.25) is 14.4 Å². The number of amides is 3. The average Bonchev–Trinajstić information content (AvgIpc) is 3.02. The molecule has 0 spiro atoms. The Morgan fingerprint density at radius 1 is 1.04 bits per heavy atom. The van der Waals surface area contributed by atoms with Crippen molar-refractivity contribution < 1.29 is 14.4 Å². The molecule has 0 aliphatic carbocycles. The van der Waals surface area contributed by atoms with Gasteiger partial charge >= 0.3 is 0 Å². The molecule has 0 fully saturated rings. The zero-order chi connectivity index (χ0) is 17.4. The molecule has 3 amide bonds. The summed E-state index contributed by atoms with van der Waals surface area (Å²) in [4.78, 5) is 36.3. The third kappa shape index (κ3) is 6.40. The van der Waals surface area contributed by atoms with Crippen LogP contribution in [0.4, 0.5) is 0 Å². The number of nitrogens with one attached hydrogen (secondary N) is 3. The summed E-state index contributed by atoms with van der Waals surface area (Å²) in [5.41, 5.74) is 0. The molecule has 0 bridgehead atoms. The highest BCUT2D eigenvalue weighted by Gasteiger charge is 2.24. The minimum atomic E-state index is -0.606. The maximum absolute atomic E-state index is 12.2. The summed E-state index contributed by atoms with van der Waals surface area (Å²) in [5.74, 6) is -0.667. The fraction of sp³-hybridized carbons (Fsp3) is 0.562.